The number of hydrogen-bond donors (Lipinski definition) is 4. The number of carbonyl (C=O) groups excluding carboxylic acids is 2. The van der Waals surface area contributed by atoms with Gasteiger partial charge in [-0.1, -0.05) is 56.1 Å². The lowest BCUT2D eigenvalue weighted by molar-refractivity contribution is -0.0775. The van der Waals surface area contributed by atoms with E-state index in [2.05, 4.69) is 25.8 Å². The molecule has 4 N–H and O–H groups in total. The van der Waals surface area contributed by atoms with E-state index in [4.69, 9.17) is 37.9 Å². The monoisotopic (exact) mass is 696 g/mol. The molecule has 0 aliphatic carbocycles. The van der Waals surface area contributed by atoms with E-state index < -0.39 is 12.1 Å². The smallest absolute Gasteiger partial charge is 0.431 e. The van der Waals surface area contributed by atoms with Gasteiger partial charge in [-0.2, -0.15) is 5.10 Å². The Morgan fingerprint density at radius 3 is 2.44 bits per heavy atom. The second-order valence-electron chi connectivity index (χ2n) is 12.5. The standard InChI is InChI=1S/C33H38Cl2N8O5/c1-33(2,3)26-17-28(43(40-26)21-8-6-20(19-44)7-9-21)39-31(45)37-24-10-11-25(30(35)29(24)34)47-23-12-14-36-27(16-23)38-32(46)48-42-15-13-22(18-42)41(4)5/h6-12,14,16-17,22,44H,13,15,18-19H2,1-5H3,(H,36,38,46)(H2,37,39,45)/t22-/m0/s1. The number of ether oxygens (including phenoxy) is 1. The molecular formula is C33H38Cl2N8O5. The average molecular weight is 698 g/mol. The van der Waals surface area contributed by atoms with Crippen LogP contribution in [0.4, 0.5) is 26.9 Å². The quantitative estimate of drug-likeness (QED) is 0.147. The lowest BCUT2D eigenvalue weighted by Crippen LogP contribution is -2.33. The minimum absolute atomic E-state index is 0.0606. The predicted molar refractivity (Wildman–Crippen MR) is 185 cm³/mol. The second kappa shape index (κ2) is 14.8. The van der Waals surface area contributed by atoms with Crippen molar-refractivity contribution in [3.63, 3.8) is 0 Å². The molecule has 2 aromatic carbocycles. The number of urea groups is 1. The summed E-state index contributed by atoms with van der Waals surface area (Å²) in [5, 5.41) is 24.1. The van der Waals surface area contributed by atoms with Crippen LogP contribution in [0.25, 0.3) is 5.69 Å². The van der Waals surface area contributed by atoms with Crippen LogP contribution in [0.5, 0.6) is 11.5 Å². The van der Waals surface area contributed by atoms with Crippen molar-refractivity contribution in [2.24, 2.45) is 0 Å². The molecule has 0 radical (unpaired) electrons. The minimum atomic E-state index is -0.661. The summed E-state index contributed by atoms with van der Waals surface area (Å²) >= 11 is 13.1. The molecule has 0 saturated carbocycles. The number of aliphatic hydroxyl groups excluding tert-OH is 1. The van der Waals surface area contributed by atoms with Crippen LogP contribution in [0.3, 0.4) is 0 Å². The number of anilines is 3. The van der Waals surface area contributed by atoms with Gasteiger partial charge in [0.1, 0.15) is 28.2 Å². The van der Waals surface area contributed by atoms with Gasteiger partial charge in [-0.05, 0) is 56.4 Å². The van der Waals surface area contributed by atoms with Gasteiger partial charge in [-0.3, -0.25) is 10.6 Å². The number of aliphatic hydroxyl groups is 1. The van der Waals surface area contributed by atoms with Gasteiger partial charge < -0.3 is 24.9 Å². The van der Waals surface area contributed by atoms with Gasteiger partial charge in [0.25, 0.3) is 0 Å². The molecule has 4 aromatic rings. The molecule has 1 atom stereocenters. The maximum atomic E-state index is 13.2. The summed E-state index contributed by atoms with van der Waals surface area (Å²) in [5.74, 6) is 1.20. The fourth-order valence-electron chi connectivity index (χ4n) is 4.88. The van der Waals surface area contributed by atoms with Crippen molar-refractivity contribution in [1.29, 1.82) is 0 Å². The van der Waals surface area contributed by atoms with Crippen LogP contribution in [-0.4, -0.2) is 75.2 Å². The molecule has 13 nitrogen and oxygen atoms in total. The Labute approximate surface area is 288 Å². The molecule has 0 spiro atoms. The van der Waals surface area contributed by atoms with Crippen molar-refractivity contribution in [3.05, 3.63) is 82.1 Å². The summed E-state index contributed by atoms with van der Waals surface area (Å²) in [5.41, 5.74) is 2.19. The Hall–Kier alpha value is -4.40. The number of hydroxylamine groups is 2. The molecule has 1 fully saturated rings. The molecule has 2 aromatic heterocycles. The van der Waals surface area contributed by atoms with Gasteiger partial charge in [0, 0.05) is 36.3 Å². The van der Waals surface area contributed by atoms with Crippen LogP contribution >= 0.6 is 23.2 Å². The third-order valence-electron chi connectivity index (χ3n) is 7.64. The average Bonchev–Trinajstić information content (AvgIpc) is 3.69. The first kappa shape index (κ1) is 34.9. The number of hydrogen-bond acceptors (Lipinski definition) is 9. The number of nitrogens with zero attached hydrogens (tertiary/aromatic N) is 5. The maximum Gasteiger partial charge on any atom is 0.431 e. The minimum Gasteiger partial charge on any atom is -0.456 e. The zero-order valence-corrected chi connectivity index (χ0v) is 28.8. The van der Waals surface area contributed by atoms with Crippen molar-refractivity contribution in [2.75, 3.05) is 43.1 Å². The molecule has 3 heterocycles. The number of pyridine rings is 1. The Morgan fingerprint density at radius 2 is 1.77 bits per heavy atom. The first-order valence-electron chi connectivity index (χ1n) is 15.2. The Balaban J connectivity index is 1.24. The summed E-state index contributed by atoms with van der Waals surface area (Å²) in [4.78, 5) is 37.3. The molecule has 1 aliphatic heterocycles. The van der Waals surface area contributed by atoms with Crippen molar-refractivity contribution in [1.82, 2.24) is 24.7 Å². The fourth-order valence-corrected chi connectivity index (χ4v) is 5.29. The highest BCUT2D eigenvalue weighted by atomic mass is 35.5. The van der Waals surface area contributed by atoms with Crippen LogP contribution in [0, 0.1) is 0 Å². The van der Waals surface area contributed by atoms with Gasteiger partial charge in [-0.15, -0.1) is 5.06 Å². The van der Waals surface area contributed by atoms with Crippen LogP contribution < -0.4 is 20.7 Å². The zero-order valence-electron chi connectivity index (χ0n) is 27.3. The van der Waals surface area contributed by atoms with Crippen molar-refractivity contribution in [2.45, 2.75) is 45.3 Å². The van der Waals surface area contributed by atoms with E-state index in [0.717, 1.165) is 17.7 Å². The molecule has 3 amide bonds. The number of benzene rings is 2. The first-order valence-corrected chi connectivity index (χ1v) is 16.0. The molecule has 0 bridgehead atoms. The molecular weight excluding hydrogens is 659 g/mol. The molecule has 1 aliphatic rings. The number of likely N-dealkylation sites (N-methyl/N-ethyl adjacent to an activating group) is 1. The summed E-state index contributed by atoms with van der Waals surface area (Å²) in [6.07, 6.45) is 1.71. The molecule has 5 rings (SSSR count). The highest BCUT2D eigenvalue weighted by Crippen LogP contribution is 2.40. The predicted octanol–water partition coefficient (Wildman–Crippen LogP) is 6.90. The van der Waals surface area contributed by atoms with Gasteiger partial charge in [0.05, 0.1) is 35.2 Å². The number of halogens is 2. The van der Waals surface area contributed by atoms with E-state index in [1.165, 1.54) is 12.3 Å². The lowest BCUT2D eigenvalue weighted by atomic mass is 9.92. The third-order valence-corrected chi connectivity index (χ3v) is 8.50. The number of amides is 3. The van der Waals surface area contributed by atoms with E-state index in [0.29, 0.717) is 36.4 Å². The SMILES string of the molecule is CN(C)[C@H]1CCN(OC(=O)Nc2cc(Oc3ccc(NC(=O)Nc4cc(C(C)(C)C)nn4-c4ccc(CO)cc4)c(Cl)c3Cl)ccn2)C1. The molecule has 254 valence electrons. The maximum absolute atomic E-state index is 13.2. The Bertz CT molecular complexity index is 1770. The molecule has 1 saturated heterocycles. The van der Waals surface area contributed by atoms with E-state index in [1.54, 1.807) is 46.1 Å². The topological polar surface area (TPSA) is 146 Å². The largest absolute Gasteiger partial charge is 0.456 e. The fraction of sp³-hybridized carbons (Fsp3) is 0.333. The Morgan fingerprint density at radius 1 is 1.02 bits per heavy atom. The highest BCUT2D eigenvalue weighted by Gasteiger charge is 2.27. The van der Waals surface area contributed by atoms with Crippen molar-refractivity contribution in [3.8, 4) is 17.2 Å². The van der Waals surface area contributed by atoms with E-state index in [9.17, 15) is 14.7 Å². The molecule has 15 heteroatoms. The van der Waals surface area contributed by atoms with Crippen LogP contribution in [0.1, 0.15) is 38.4 Å². The number of aromatic nitrogens is 3. The summed E-state index contributed by atoms with van der Waals surface area (Å²) < 4.78 is 7.56. The van der Waals surface area contributed by atoms with Crippen molar-refractivity contribution < 1.29 is 24.3 Å². The zero-order chi connectivity index (χ0) is 34.6. The highest BCUT2D eigenvalue weighted by molar-refractivity contribution is 6.45. The number of nitrogens with one attached hydrogen (secondary N) is 3. The first-order chi connectivity index (χ1) is 22.8. The van der Waals surface area contributed by atoms with Crippen LogP contribution in [-0.2, 0) is 16.9 Å². The van der Waals surface area contributed by atoms with Crippen LogP contribution in [0.15, 0.2) is 60.8 Å². The summed E-state index contributed by atoms with van der Waals surface area (Å²) in [6, 6.07) is 15.0. The van der Waals surface area contributed by atoms with E-state index >= 15 is 0 Å². The normalized spacial score (nSPS) is 15.0. The van der Waals surface area contributed by atoms with Gasteiger partial charge in [0.15, 0.2) is 0 Å². The summed E-state index contributed by atoms with van der Waals surface area (Å²) in [6.45, 7) is 7.25. The second-order valence-corrected chi connectivity index (χ2v) is 13.3. The molecule has 48 heavy (non-hydrogen) atoms. The van der Waals surface area contributed by atoms with Crippen molar-refractivity contribution >= 4 is 52.6 Å². The Kier molecular flexibility index (Phi) is 10.8. The lowest BCUT2D eigenvalue weighted by Gasteiger charge is -2.19. The number of carbonyl (C=O) groups is 2. The van der Waals surface area contributed by atoms with E-state index in [1.807, 2.05) is 47.0 Å². The van der Waals surface area contributed by atoms with E-state index in [-0.39, 0.29) is 39.3 Å². The summed E-state index contributed by atoms with van der Waals surface area (Å²) in [7, 11) is 3.98. The van der Waals surface area contributed by atoms with Gasteiger partial charge in [-0.25, -0.2) is 19.3 Å². The van der Waals surface area contributed by atoms with Gasteiger partial charge in [0.2, 0.25) is 0 Å². The van der Waals surface area contributed by atoms with Gasteiger partial charge >= 0.3 is 12.1 Å². The van der Waals surface area contributed by atoms with Crippen LogP contribution in [0.2, 0.25) is 10.0 Å². The number of rotatable bonds is 9. The molecule has 0 unspecified atom stereocenters. The third kappa shape index (κ3) is 8.54.